The molecule has 0 spiro atoms. The van der Waals surface area contributed by atoms with Gasteiger partial charge in [0.05, 0.1) is 25.7 Å². The highest BCUT2D eigenvalue weighted by Crippen LogP contribution is 2.08. The second kappa shape index (κ2) is 7.68. The van der Waals surface area contributed by atoms with Crippen LogP contribution in [0.1, 0.15) is 19.8 Å². The van der Waals surface area contributed by atoms with Crippen molar-refractivity contribution in [3.05, 3.63) is 30.3 Å². The molecule has 0 bridgehead atoms. The average molecular weight is 237 g/mol. The number of nitrogens with one attached hydrogen (secondary N) is 1. The summed E-state index contributed by atoms with van der Waals surface area (Å²) >= 11 is 0. The van der Waals surface area contributed by atoms with E-state index in [0.717, 1.165) is 12.2 Å². The first kappa shape index (κ1) is 13.5. The Morgan fingerprint density at radius 1 is 1.41 bits per heavy atom. The van der Waals surface area contributed by atoms with Crippen LogP contribution in [0.5, 0.6) is 5.75 Å². The van der Waals surface area contributed by atoms with E-state index in [0.29, 0.717) is 13.0 Å². The van der Waals surface area contributed by atoms with Crippen LogP contribution < -0.4 is 10.1 Å². The lowest BCUT2D eigenvalue weighted by Crippen LogP contribution is -2.37. The summed E-state index contributed by atoms with van der Waals surface area (Å²) in [7, 11) is 0. The summed E-state index contributed by atoms with van der Waals surface area (Å²) in [6, 6.07) is 9.22. The molecule has 0 aliphatic heterocycles. The molecule has 0 radical (unpaired) electrons. The molecule has 1 atom stereocenters. The molecule has 1 aromatic rings. The quantitative estimate of drug-likeness (QED) is 0.752. The molecule has 1 amide bonds. The van der Waals surface area contributed by atoms with Gasteiger partial charge in [-0.1, -0.05) is 25.1 Å². The molecule has 0 aliphatic carbocycles. The number of para-hydroxylation sites is 1. The number of hydrogen-bond acceptors (Lipinski definition) is 3. The second-order valence-electron chi connectivity index (χ2n) is 3.77. The van der Waals surface area contributed by atoms with E-state index in [1.807, 2.05) is 37.3 Å². The van der Waals surface area contributed by atoms with Gasteiger partial charge in [-0.05, 0) is 18.6 Å². The van der Waals surface area contributed by atoms with E-state index in [4.69, 9.17) is 9.84 Å². The molecule has 0 aliphatic rings. The van der Waals surface area contributed by atoms with E-state index in [1.165, 1.54) is 0 Å². The third-order valence-electron chi connectivity index (χ3n) is 2.42. The highest BCUT2D eigenvalue weighted by molar-refractivity contribution is 5.76. The Morgan fingerprint density at radius 2 is 2.12 bits per heavy atom. The van der Waals surface area contributed by atoms with Gasteiger partial charge in [0.2, 0.25) is 5.91 Å². The van der Waals surface area contributed by atoms with Crippen molar-refractivity contribution in [2.24, 2.45) is 0 Å². The fraction of sp³-hybridized carbons (Fsp3) is 0.462. The van der Waals surface area contributed by atoms with Crippen LogP contribution in [0.2, 0.25) is 0 Å². The molecular formula is C13H19NO3. The van der Waals surface area contributed by atoms with Crippen molar-refractivity contribution in [1.82, 2.24) is 5.32 Å². The topological polar surface area (TPSA) is 58.6 Å². The highest BCUT2D eigenvalue weighted by atomic mass is 16.5. The smallest absolute Gasteiger partial charge is 0.223 e. The van der Waals surface area contributed by atoms with Gasteiger partial charge in [-0.15, -0.1) is 0 Å². The lowest BCUT2D eigenvalue weighted by molar-refractivity contribution is -0.122. The van der Waals surface area contributed by atoms with Crippen molar-refractivity contribution >= 4 is 5.91 Å². The molecule has 1 rings (SSSR count). The summed E-state index contributed by atoms with van der Waals surface area (Å²) in [5.74, 6) is 0.663. The Morgan fingerprint density at radius 3 is 2.71 bits per heavy atom. The first-order chi connectivity index (χ1) is 8.26. The minimum Gasteiger partial charge on any atom is -0.493 e. The van der Waals surface area contributed by atoms with E-state index in [-0.39, 0.29) is 18.6 Å². The Kier molecular flexibility index (Phi) is 6.10. The summed E-state index contributed by atoms with van der Waals surface area (Å²) in [5.41, 5.74) is 0. The zero-order valence-corrected chi connectivity index (χ0v) is 10.1. The van der Waals surface area contributed by atoms with Crippen LogP contribution in [-0.2, 0) is 4.79 Å². The fourth-order valence-corrected chi connectivity index (χ4v) is 1.35. The minimum atomic E-state index is -0.153. The largest absolute Gasteiger partial charge is 0.493 e. The molecule has 0 aromatic heterocycles. The molecule has 0 heterocycles. The minimum absolute atomic E-state index is 0.0260. The van der Waals surface area contributed by atoms with Crippen molar-refractivity contribution in [2.45, 2.75) is 25.8 Å². The van der Waals surface area contributed by atoms with E-state index in [2.05, 4.69) is 5.32 Å². The van der Waals surface area contributed by atoms with Crippen LogP contribution in [0.4, 0.5) is 0 Å². The van der Waals surface area contributed by atoms with Gasteiger partial charge in [0, 0.05) is 0 Å². The second-order valence-corrected chi connectivity index (χ2v) is 3.77. The Hall–Kier alpha value is -1.55. The Balaban J connectivity index is 2.20. The summed E-state index contributed by atoms with van der Waals surface area (Å²) in [5, 5.41) is 11.7. The highest BCUT2D eigenvalue weighted by Gasteiger charge is 2.08. The average Bonchev–Trinajstić information content (AvgIpc) is 2.37. The van der Waals surface area contributed by atoms with Gasteiger partial charge in [-0.3, -0.25) is 4.79 Å². The summed E-state index contributed by atoms with van der Waals surface area (Å²) in [4.78, 5) is 11.5. The molecule has 2 N–H and O–H groups in total. The van der Waals surface area contributed by atoms with Crippen molar-refractivity contribution in [1.29, 1.82) is 0 Å². The molecule has 0 saturated carbocycles. The van der Waals surface area contributed by atoms with Crippen molar-refractivity contribution in [3.8, 4) is 5.75 Å². The van der Waals surface area contributed by atoms with Gasteiger partial charge in [-0.25, -0.2) is 0 Å². The van der Waals surface area contributed by atoms with E-state index < -0.39 is 0 Å². The fourth-order valence-electron chi connectivity index (χ4n) is 1.35. The van der Waals surface area contributed by atoms with Gasteiger partial charge < -0.3 is 15.2 Å². The summed E-state index contributed by atoms with van der Waals surface area (Å²) in [6.45, 7) is 2.24. The number of carbonyl (C=O) groups is 1. The number of benzene rings is 1. The predicted octanol–water partition coefficient (Wildman–Crippen LogP) is 1.34. The standard InChI is InChI=1S/C13H19NO3/c1-2-11(10-15)14-13(16)8-9-17-12-6-4-3-5-7-12/h3-7,11,15H,2,8-10H2,1H3,(H,14,16). The van der Waals surface area contributed by atoms with E-state index in [9.17, 15) is 4.79 Å². The Labute approximate surface area is 102 Å². The monoisotopic (exact) mass is 237 g/mol. The number of ether oxygens (including phenoxy) is 1. The third kappa shape index (κ3) is 5.36. The first-order valence-corrected chi connectivity index (χ1v) is 5.84. The maximum absolute atomic E-state index is 11.5. The third-order valence-corrected chi connectivity index (χ3v) is 2.42. The Bertz CT molecular complexity index is 323. The number of hydrogen-bond donors (Lipinski definition) is 2. The van der Waals surface area contributed by atoms with Gasteiger partial charge in [0.25, 0.3) is 0 Å². The zero-order chi connectivity index (χ0) is 12.5. The van der Waals surface area contributed by atoms with Gasteiger partial charge in [0.15, 0.2) is 0 Å². The predicted molar refractivity (Wildman–Crippen MR) is 65.9 cm³/mol. The molecule has 4 heteroatoms. The van der Waals surface area contributed by atoms with Crippen molar-refractivity contribution < 1.29 is 14.6 Å². The van der Waals surface area contributed by atoms with Crippen LogP contribution in [0.15, 0.2) is 30.3 Å². The zero-order valence-electron chi connectivity index (χ0n) is 10.1. The maximum atomic E-state index is 11.5. The SMILES string of the molecule is CCC(CO)NC(=O)CCOc1ccccc1. The van der Waals surface area contributed by atoms with E-state index >= 15 is 0 Å². The molecule has 94 valence electrons. The summed E-state index contributed by atoms with van der Waals surface area (Å²) < 4.78 is 5.40. The number of aliphatic hydroxyl groups excluding tert-OH is 1. The summed E-state index contributed by atoms with van der Waals surface area (Å²) in [6.07, 6.45) is 1.02. The molecular weight excluding hydrogens is 218 g/mol. The molecule has 0 fully saturated rings. The number of aliphatic hydroxyl groups is 1. The molecule has 1 aromatic carbocycles. The number of carbonyl (C=O) groups excluding carboxylic acids is 1. The lowest BCUT2D eigenvalue weighted by Gasteiger charge is -2.14. The van der Waals surface area contributed by atoms with Crippen LogP contribution >= 0.6 is 0 Å². The number of amides is 1. The maximum Gasteiger partial charge on any atom is 0.223 e. The normalized spacial score (nSPS) is 11.9. The molecule has 4 nitrogen and oxygen atoms in total. The molecule has 0 saturated heterocycles. The molecule has 1 unspecified atom stereocenters. The lowest BCUT2D eigenvalue weighted by atomic mass is 10.2. The van der Waals surface area contributed by atoms with E-state index in [1.54, 1.807) is 0 Å². The van der Waals surface area contributed by atoms with Gasteiger partial charge >= 0.3 is 0 Å². The van der Waals surface area contributed by atoms with Crippen molar-refractivity contribution in [3.63, 3.8) is 0 Å². The van der Waals surface area contributed by atoms with Crippen LogP contribution in [-0.4, -0.2) is 30.3 Å². The van der Waals surface area contributed by atoms with Crippen molar-refractivity contribution in [2.75, 3.05) is 13.2 Å². The van der Waals surface area contributed by atoms with Crippen LogP contribution in [0.3, 0.4) is 0 Å². The van der Waals surface area contributed by atoms with Gasteiger partial charge in [0.1, 0.15) is 5.75 Å². The molecule has 17 heavy (non-hydrogen) atoms. The van der Waals surface area contributed by atoms with Crippen LogP contribution in [0, 0.1) is 0 Å². The van der Waals surface area contributed by atoms with Gasteiger partial charge in [-0.2, -0.15) is 0 Å². The first-order valence-electron chi connectivity index (χ1n) is 5.84. The number of rotatable bonds is 7. The van der Waals surface area contributed by atoms with Crippen LogP contribution in [0.25, 0.3) is 0 Å².